The molecule has 148 valence electrons. The van der Waals surface area contributed by atoms with Gasteiger partial charge in [0.1, 0.15) is 5.82 Å². The van der Waals surface area contributed by atoms with Crippen LogP contribution in [0.25, 0.3) is 17.0 Å². The lowest BCUT2D eigenvalue weighted by atomic mass is 10.0. The summed E-state index contributed by atoms with van der Waals surface area (Å²) in [6.07, 6.45) is 8.28. The topological polar surface area (TPSA) is 67.2 Å². The van der Waals surface area contributed by atoms with Gasteiger partial charge in [-0.15, -0.1) is 0 Å². The molecule has 0 saturated carbocycles. The number of nitrogens with one attached hydrogen (secondary N) is 1. The Morgan fingerprint density at radius 3 is 2.97 bits per heavy atom. The van der Waals surface area contributed by atoms with Gasteiger partial charge in [-0.25, -0.2) is 4.98 Å². The number of benzene rings is 1. The van der Waals surface area contributed by atoms with E-state index in [1.165, 1.54) is 10.9 Å². The lowest BCUT2D eigenvalue weighted by Gasteiger charge is -2.16. The highest BCUT2D eigenvalue weighted by Gasteiger charge is 2.16. The molecular weight excluding hydrogens is 364 g/mol. The molecule has 1 N–H and O–H groups in total. The van der Waals surface area contributed by atoms with Crippen molar-refractivity contribution in [2.45, 2.75) is 32.9 Å². The van der Waals surface area contributed by atoms with E-state index >= 15 is 0 Å². The summed E-state index contributed by atoms with van der Waals surface area (Å²) in [4.78, 5) is 30.1. The molecule has 1 aliphatic rings. The highest BCUT2D eigenvalue weighted by molar-refractivity contribution is 5.94. The summed E-state index contributed by atoms with van der Waals surface area (Å²) in [7, 11) is 1.81. The normalized spacial score (nSPS) is 13.5. The van der Waals surface area contributed by atoms with Crippen LogP contribution in [0.4, 0.5) is 5.82 Å². The lowest BCUT2D eigenvalue weighted by Crippen LogP contribution is -2.24. The van der Waals surface area contributed by atoms with E-state index in [0.717, 1.165) is 23.2 Å². The van der Waals surface area contributed by atoms with Gasteiger partial charge in [-0.05, 0) is 48.2 Å². The van der Waals surface area contributed by atoms with Crippen LogP contribution in [0.5, 0.6) is 0 Å². The molecule has 0 atom stereocenters. The SMILES string of the molecule is CCn1cc(CN(C)C(=O)/C=C/c2cnc3c(c2)CCC(=O)N3)c2ccccc21. The molecule has 1 aliphatic heterocycles. The number of hydrogen-bond donors (Lipinski definition) is 1. The molecular formula is C23H24N4O2. The Labute approximate surface area is 169 Å². The van der Waals surface area contributed by atoms with Gasteiger partial charge in [-0.1, -0.05) is 18.2 Å². The Kier molecular flexibility index (Phi) is 5.16. The average Bonchev–Trinajstić information content (AvgIpc) is 3.09. The number of aryl methyl sites for hydroxylation is 2. The minimum Gasteiger partial charge on any atom is -0.347 e. The third-order valence-electron chi connectivity index (χ3n) is 5.28. The minimum absolute atomic E-state index is 0.00507. The van der Waals surface area contributed by atoms with Crippen LogP contribution in [0.2, 0.25) is 0 Å². The fourth-order valence-corrected chi connectivity index (χ4v) is 3.70. The summed E-state index contributed by atoms with van der Waals surface area (Å²) < 4.78 is 2.20. The highest BCUT2D eigenvalue weighted by Crippen LogP contribution is 2.23. The van der Waals surface area contributed by atoms with Crippen LogP contribution < -0.4 is 5.32 Å². The second-order valence-electron chi connectivity index (χ2n) is 7.31. The summed E-state index contributed by atoms with van der Waals surface area (Å²) >= 11 is 0. The number of rotatable bonds is 5. The van der Waals surface area contributed by atoms with Crippen molar-refractivity contribution in [3.05, 3.63) is 65.5 Å². The molecule has 6 heteroatoms. The van der Waals surface area contributed by atoms with Crippen LogP contribution in [0.15, 0.2) is 48.8 Å². The largest absolute Gasteiger partial charge is 0.347 e. The molecule has 3 heterocycles. The van der Waals surface area contributed by atoms with E-state index in [1.807, 2.05) is 25.2 Å². The molecule has 6 nitrogen and oxygen atoms in total. The molecule has 0 bridgehead atoms. The van der Waals surface area contributed by atoms with Crippen LogP contribution in [0.3, 0.4) is 0 Å². The fraction of sp³-hybridized carbons (Fsp3) is 0.261. The van der Waals surface area contributed by atoms with E-state index in [1.54, 1.807) is 23.2 Å². The lowest BCUT2D eigenvalue weighted by molar-refractivity contribution is -0.125. The van der Waals surface area contributed by atoms with Gasteiger partial charge in [0.15, 0.2) is 0 Å². The maximum atomic E-state index is 12.6. The molecule has 2 aromatic heterocycles. The van der Waals surface area contributed by atoms with Crippen molar-refractivity contribution in [1.29, 1.82) is 0 Å². The van der Waals surface area contributed by atoms with Gasteiger partial charge in [0, 0.05) is 55.9 Å². The number of anilines is 1. The summed E-state index contributed by atoms with van der Waals surface area (Å²) in [6, 6.07) is 10.2. The number of pyridine rings is 1. The first kappa shape index (κ1) is 18.9. The molecule has 0 radical (unpaired) electrons. The minimum atomic E-state index is -0.0654. The predicted octanol–water partition coefficient (Wildman–Crippen LogP) is 3.61. The van der Waals surface area contributed by atoms with E-state index in [2.05, 4.69) is 40.1 Å². The number of aromatic nitrogens is 2. The Hall–Kier alpha value is -3.41. The third kappa shape index (κ3) is 3.92. The van der Waals surface area contributed by atoms with Crippen LogP contribution in [0.1, 0.15) is 30.0 Å². The van der Waals surface area contributed by atoms with Gasteiger partial charge < -0.3 is 14.8 Å². The molecule has 0 fully saturated rings. The summed E-state index contributed by atoms with van der Waals surface area (Å²) in [5, 5.41) is 3.95. The van der Waals surface area contributed by atoms with Gasteiger partial charge in [0.05, 0.1) is 0 Å². The maximum absolute atomic E-state index is 12.6. The van der Waals surface area contributed by atoms with Crippen molar-refractivity contribution in [1.82, 2.24) is 14.5 Å². The van der Waals surface area contributed by atoms with Crippen LogP contribution in [-0.4, -0.2) is 33.3 Å². The Balaban J connectivity index is 1.47. The monoisotopic (exact) mass is 388 g/mol. The van der Waals surface area contributed by atoms with Gasteiger partial charge >= 0.3 is 0 Å². The number of hydrogen-bond acceptors (Lipinski definition) is 3. The fourth-order valence-electron chi connectivity index (χ4n) is 3.70. The standard InChI is InChI=1S/C23H24N4O2/c1-3-27-15-18(19-6-4-5-7-20(19)27)14-26(2)22(29)11-8-16-12-17-9-10-21(28)25-23(17)24-13-16/h4-8,11-13,15H,3,9-10,14H2,1-2H3,(H,24,25,28)/b11-8+. The zero-order valence-corrected chi connectivity index (χ0v) is 16.7. The number of carbonyl (C=O) groups is 2. The second kappa shape index (κ2) is 7.91. The number of fused-ring (bicyclic) bond motifs is 2. The number of para-hydroxylation sites is 1. The highest BCUT2D eigenvalue weighted by atomic mass is 16.2. The van der Waals surface area contributed by atoms with Gasteiger partial charge in [0.2, 0.25) is 11.8 Å². The van der Waals surface area contributed by atoms with E-state index < -0.39 is 0 Å². The number of likely N-dealkylation sites (N-methyl/N-ethyl adjacent to an activating group) is 1. The zero-order chi connectivity index (χ0) is 20.4. The number of nitrogens with zero attached hydrogens (tertiary/aromatic N) is 3. The van der Waals surface area contributed by atoms with Crippen molar-refractivity contribution in [3.8, 4) is 0 Å². The molecule has 29 heavy (non-hydrogen) atoms. The summed E-state index contributed by atoms with van der Waals surface area (Å²) in [5.74, 6) is 0.549. The first-order valence-electron chi connectivity index (χ1n) is 9.84. The first-order chi connectivity index (χ1) is 14.0. The molecule has 4 rings (SSSR count). The third-order valence-corrected chi connectivity index (χ3v) is 5.28. The molecule has 0 aliphatic carbocycles. The molecule has 0 spiro atoms. The van der Waals surface area contributed by atoms with E-state index in [9.17, 15) is 9.59 Å². The zero-order valence-electron chi connectivity index (χ0n) is 16.7. The quantitative estimate of drug-likeness (QED) is 0.679. The molecule has 0 unspecified atom stereocenters. The van der Waals surface area contributed by atoms with Crippen LogP contribution in [-0.2, 0) is 29.1 Å². The van der Waals surface area contributed by atoms with Crippen LogP contribution >= 0.6 is 0 Å². The second-order valence-corrected chi connectivity index (χ2v) is 7.31. The van der Waals surface area contributed by atoms with Gasteiger partial charge in [-0.3, -0.25) is 9.59 Å². The smallest absolute Gasteiger partial charge is 0.246 e. The Bertz CT molecular complexity index is 1110. The summed E-state index contributed by atoms with van der Waals surface area (Å²) in [6.45, 7) is 3.56. The first-order valence-corrected chi connectivity index (χ1v) is 9.84. The average molecular weight is 388 g/mol. The van der Waals surface area contributed by atoms with E-state index in [0.29, 0.717) is 25.2 Å². The predicted molar refractivity (Wildman–Crippen MR) is 114 cm³/mol. The number of amides is 2. The van der Waals surface area contributed by atoms with Crippen molar-refractivity contribution in [3.63, 3.8) is 0 Å². The molecule has 3 aromatic rings. The van der Waals surface area contributed by atoms with E-state index in [-0.39, 0.29) is 11.8 Å². The van der Waals surface area contributed by atoms with E-state index in [4.69, 9.17) is 0 Å². The summed E-state index contributed by atoms with van der Waals surface area (Å²) in [5.41, 5.74) is 4.18. The Morgan fingerprint density at radius 2 is 2.14 bits per heavy atom. The number of carbonyl (C=O) groups excluding carboxylic acids is 2. The molecule has 1 aromatic carbocycles. The van der Waals surface area contributed by atoms with Crippen molar-refractivity contribution < 1.29 is 9.59 Å². The molecule has 0 saturated heterocycles. The van der Waals surface area contributed by atoms with Crippen LogP contribution in [0, 0.1) is 0 Å². The van der Waals surface area contributed by atoms with Crippen molar-refractivity contribution in [2.24, 2.45) is 0 Å². The van der Waals surface area contributed by atoms with Crippen molar-refractivity contribution >= 4 is 34.6 Å². The maximum Gasteiger partial charge on any atom is 0.246 e. The van der Waals surface area contributed by atoms with Gasteiger partial charge in [-0.2, -0.15) is 0 Å². The van der Waals surface area contributed by atoms with Crippen molar-refractivity contribution in [2.75, 3.05) is 12.4 Å². The Morgan fingerprint density at radius 1 is 1.31 bits per heavy atom. The molecule has 2 amide bonds. The van der Waals surface area contributed by atoms with Gasteiger partial charge in [0.25, 0.3) is 0 Å².